The molecule has 0 atom stereocenters. The fraction of sp³-hybridized carbons (Fsp3) is 0.941. The van der Waals surface area contributed by atoms with E-state index in [-0.39, 0.29) is 5.91 Å². The summed E-state index contributed by atoms with van der Waals surface area (Å²) < 4.78 is 0. The van der Waals surface area contributed by atoms with Crippen molar-refractivity contribution in [2.45, 2.75) is 84.3 Å². The highest BCUT2D eigenvalue weighted by atomic mass is 16.1. The quantitative estimate of drug-likeness (QED) is 0.724. The smallest absolute Gasteiger partial charge is 0.220 e. The van der Waals surface area contributed by atoms with Gasteiger partial charge in [-0.1, -0.05) is 0 Å². The predicted molar refractivity (Wildman–Crippen MR) is 89.2 cm³/mol. The molecule has 3 N–H and O–H groups in total. The van der Waals surface area contributed by atoms with Crippen molar-refractivity contribution >= 4 is 5.91 Å². The first kappa shape index (κ1) is 18.4. The molecule has 1 fully saturated rings. The van der Waals surface area contributed by atoms with Gasteiger partial charge in [0.25, 0.3) is 0 Å². The van der Waals surface area contributed by atoms with Crippen molar-refractivity contribution in [1.82, 2.24) is 10.2 Å². The molecule has 0 spiro atoms. The van der Waals surface area contributed by atoms with Crippen molar-refractivity contribution in [2.75, 3.05) is 13.1 Å². The largest absolute Gasteiger partial charge is 0.355 e. The normalized spacial score (nSPS) is 23.0. The molecular formula is C17H35N3O. The minimum atomic E-state index is 0.206. The topological polar surface area (TPSA) is 58.4 Å². The maximum atomic E-state index is 11.9. The average Bonchev–Trinajstić information content (AvgIpc) is 2.42. The third-order valence-corrected chi connectivity index (χ3v) is 4.69. The van der Waals surface area contributed by atoms with Gasteiger partial charge in [0.1, 0.15) is 0 Å². The number of rotatable bonds is 8. The van der Waals surface area contributed by atoms with Crippen LogP contribution >= 0.6 is 0 Å². The van der Waals surface area contributed by atoms with Gasteiger partial charge in [-0.05, 0) is 65.7 Å². The van der Waals surface area contributed by atoms with E-state index in [1.165, 1.54) is 12.8 Å². The lowest BCUT2D eigenvalue weighted by atomic mass is 9.84. The summed E-state index contributed by atoms with van der Waals surface area (Å²) in [6.45, 7) is 10.5. The van der Waals surface area contributed by atoms with E-state index in [1.54, 1.807) is 0 Å². The zero-order valence-electron chi connectivity index (χ0n) is 14.4. The van der Waals surface area contributed by atoms with Gasteiger partial charge in [0.15, 0.2) is 0 Å². The Hall–Kier alpha value is -0.610. The lowest BCUT2D eigenvalue weighted by Crippen LogP contribution is -2.42. The van der Waals surface area contributed by atoms with Crippen LogP contribution in [0.25, 0.3) is 0 Å². The molecule has 124 valence electrons. The summed E-state index contributed by atoms with van der Waals surface area (Å²) in [6, 6.07) is 1.44. The third kappa shape index (κ3) is 7.28. The van der Waals surface area contributed by atoms with E-state index in [2.05, 4.69) is 37.9 Å². The van der Waals surface area contributed by atoms with Crippen LogP contribution in [0.2, 0.25) is 0 Å². The maximum Gasteiger partial charge on any atom is 0.220 e. The number of carbonyl (C=O) groups is 1. The van der Waals surface area contributed by atoms with E-state index >= 15 is 0 Å². The second kappa shape index (κ2) is 9.42. The minimum absolute atomic E-state index is 0.206. The molecule has 0 aromatic carbocycles. The molecule has 4 heteroatoms. The number of nitrogens with one attached hydrogen (secondary N) is 1. The predicted octanol–water partition coefficient (Wildman–Crippen LogP) is 2.52. The first-order valence-corrected chi connectivity index (χ1v) is 8.68. The van der Waals surface area contributed by atoms with Crippen molar-refractivity contribution in [1.29, 1.82) is 0 Å². The Labute approximate surface area is 130 Å². The first-order valence-electron chi connectivity index (χ1n) is 8.68. The zero-order chi connectivity index (χ0) is 15.8. The van der Waals surface area contributed by atoms with Crippen LogP contribution in [0.5, 0.6) is 0 Å². The number of hydrogen-bond acceptors (Lipinski definition) is 3. The molecule has 1 amide bonds. The van der Waals surface area contributed by atoms with Crippen molar-refractivity contribution in [2.24, 2.45) is 11.7 Å². The Kier molecular flexibility index (Phi) is 8.27. The Balaban J connectivity index is 2.13. The molecule has 1 saturated carbocycles. The fourth-order valence-electron chi connectivity index (χ4n) is 3.34. The van der Waals surface area contributed by atoms with Crippen LogP contribution in [0, 0.1) is 5.92 Å². The van der Waals surface area contributed by atoms with E-state index in [0.717, 1.165) is 32.4 Å². The fourth-order valence-corrected chi connectivity index (χ4v) is 3.34. The van der Waals surface area contributed by atoms with E-state index < -0.39 is 0 Å². The van der Waals surface area contributed by atoms with Crippen LogP contribution in [-0.2, 0) is 4.79 Å². The van der Waals surface area contributed by atoms with Gasteiger partial charge in [-0.2, -0.15) is 0 Å². The van der Waals surface area contributed by atoms with Crippen molar-refractivity contribution in [3.8, 4) is 0 Å². The number of nitrogens with two attached hydrogens (primary N) is 1. The van der Waals surface area contributed by atoms with Crippen molar-refractivity contribution in [3.05, 3.63) is 0 Å². The summed E-state index contributed by atoms with van der Waals surface area (Å²) >= 11 is 0. The Morgan fingerprint density at radius 3 is 2.24 bits per heavy atom. The summed E-state index contributed by atoms with van der Waals surface area (Å²) in [5.74, 6) is 0.913. The number of nitrogens with zero attached hydrogens (tertiary/aromatic N) is 1. The van der Waals surface area contributed by atoms with Crippen LogP contribution in [-0.4, -0.2) is 42.0 Å². The van der Waals surface area contributed by atoms with E-state index in [4.69, 9.17) is 5.73 Å². The molecular weight excluding hydrogens is 262 g/mol. The van der Waals surface area contributed by atoms with Crippen LogP contribution in [0.3, 0.4) is 0 Å². The molecule has 0 aliphatic heterocycles. The SMILES string of the molecule is CC(C)N(CCNC(=O)CCC1CCC(N)CC1)C(C)C. The van der Waals surface area contributed by atoms with Crippen LogP contribution in [0.4, 0.5) is 0 Å². The Morgan fingerprint density at radius 2 is 1.71 bits per heavy atom. The third-order valence-electron chi connectivity index (χ3n) is 4.69. The van der Waals surface area contributed by atoms with Gasteiger partial charge in [-0.15, -0.1) is 0 Å². The number of carbonyl (C=O) groups excluding carboxylic acids is 1. The molecule has 1 rings (SSSR count). The lowest BCUT2D eigenvalue weighted by molar-refractivity contribution is -0.121. The molecule has 0 saturated heterocycles. The summed E-state index contributed by atoms with van der Waals surface area (Å²) in [5.41, 5.74) is 5.91. The Bertz CT molecular complexity index is 288. The summed E-state index contributed by atoms with van der Waals surface area (Å²) in [5, 5.41) is 3.07. The van der Waals surface area contributed by atoms with Gasteiger partial charge in [0.2, 0.25) is 5.91 Å². The van der Waals surface area contributed by atoms with Gasteiger partial charge in [-0.25, -0.2) is 0 Å². The van der Waals surface area contributed by atoms with E-state index in [1.807, 2.05) is 0 Å². The minimum Gasteiger partial charge on any atom is -0.355 e. The van der Waals surface area contributed by atoms with Gasteiger partial charge in [0.05, 0.1) is 0 Å². The molecule has 0 unspecified atom stereocenters. The molecule has 4 nitrogen and oxygen atoms in total. The van der Waals surface area contributed by atoms with Gasteiger partial charge < -0.3 is 11.1 Å². The molecule has 0 heterocycles. The molecule has 0 bridgehead atoms. The number of amides is 1. The van der Waals surface area contributed by atoms with Crippen LogP contribution in [0.15, 0.2) is 0 Å². The molecule has 0 radical (unpaired) electrons. The highest BCUT2D eigenvalue weighted by Crippen LogP contribution is 2.26. The summed E-state index contributed by atoms with van der Waals surface area (Å²) in [4.78, 5) is 14.3. The van der Waals surface area contributed by atoms with Gasteiger partial charge >= 0.3 is 0 Å². The highest BCUT2D eigenvalue weighted by molar-refractivity contribution is 5.75. The first-order chi connectivity index (χ1) is 9.90. The molecule has 0 aromatic rings. The number of hydrogen-bond donors (Lipinski definition) is 2. The van der Waals surface area contributed by atoms with Crippen molar-refractivity contribution in [3.63, 3.8) is 0 Å². The summed E-state index contributed by atoms with van der Waals surface area (Å²) in [6.07, 6.45) is 6.35. The highest BCUT2D eigenvalue weighted by Gasteiger charge is 2.19. The van der Waals surface area contributed by atoms with E-state index in [9.17, 15) is 4.79 Å². The van der Waals surface area contributed by atoms with Gasteiger partial charge in [-0.3, -0.25) is 9.69 Å². The molecule has 21 heavy (non-hydrogen) atoms. The molecule has 0 aromatic heterocycles. The van der Waals surface area contributed by atoms with Crippen molar-refractivity contribution < 1.29 is 4.79 Å². The second-order valence-corrected chi connectivity index (χ2v) is 7.09. The molecule has 1 aliphatic rings. The maximum absolute atomic E-state index is 11.9. The van der Waals surface area contributed by atoms with Crippen LogP contribution in [0.1, 0.15) is 66.2 Å². The van der Waals surface area contributed by atoms with E-state index in [0.29, 0.717) is 30.5 Å². The monoisotopic (exact) mass is 297 g/mol. The zero-order valence-corrected chi connectivity index (χ0v) is 14.4. The average molecular weight is 297 g/mol. The second-order valence-electron chi connectivity index (χ2n) is 7.09. The van der Waals surface area contributed by atoms with Crippen LogP contribution < -0.4 is 11.1 Å². The Morgan fingerprint density at radius 1 is 1.14 bits per heavy atom. The standard InChI is InChI=1S/C17H35N3O/c1-13(2)20(14(3)4)12-11-19-17(21)10-7-15-5-8-16(18)9-6-15/h13-16H,5-12,18H2,1-4H3,(H,19,21). The molecule has 1 aliphatic carbocycles. The van der Waals surface area contributed by atoms with Gasteiger partial charge in [0, 0.05) is 37.6 Å². The lowest BCUT2D eigenvalue weighted by Gasteiger charge is -2.30. The summed E-state index contributed by atoms with van der Waals surface area (Å²) in [7, 11) is 0.